The van der Waals surface area contributed by atoms with E-state index in [1.165, 1.54) is 37.2 Å². The minimum absolute atomic E-state index is 0.341. The van der Waals surface area contributed by atoms with Crippen LogP contribution in [0.4, 0.5) is 5.69 Å². The first-order chi connectivity index (χ1) is 9.69. The Kier molecular flexibility index (Phi) is 4.20. The standard InChI is InChI=1S/C16H24ClN3/c1-12(18-2)13-3-6-16(15(17)11-13)20-9-7-19(8-10-20)14-4-5-14/h3,6,11-12,14,18H,4-5,7-10H2,1-2H3. The molecular formula is C16H24ClN3. The van der Waals surface area contributed by atoms with Crippen molar-refractivity contribution in [2.45, 2.75) is 31.8 Å². The first-order valence-electron chi connectivity index (χ1n) is 7.64. The van der Waals surface area contributed by atoms with Crippen LogP contribution in [0.2, 0.25) is 5.02 Å². The van der Waals surface area contributed by atoms with Crippen LogP contribution in [0, 0.1) is 0 Å². The van der Waals surface area contributed by atoms with Crippen LogP contribution in [-0.4, -0.2) is 44.2 Å². The van der Waals surface area contributed by atoms with Crippen molar-refractivity contribution in [1.29, 1.82) is 0 Å². The van der Waals surface area contributed by atoms with E-state index in [4.69, 9.17) is 11.6 Å². The van der Waals surface area contributed by atoms with Gasteiger partial charge in [-0.3, -0.25) is 4.90 Å². The maximum Gasteiger partial charge on any atom is 0.0642 e. The molecule has 1 aliphatic heterocycles. The Morgan fingerprint density at radius 2 is 1.90 bits per heavy atom. The van der Waals surface area contributed by atoms with Crippen LogP contribution in [0.25, 0.3) is 0 Å². The second kappa shape index (κ2) is 5.92. The van der Waals surface area contributed by atoms with E-state index in [9.17, 15) is 0 Å². The number of nitrogens with zero attached hydrogens (tertiary/aromatic N) is 2. The first-order valence-corrected chi connectivity index (χ1v) is 8.02. The van der Waals surface area contributed by atoms with Gasteiger partial charge in [-0.2, -0.15) is 0 Å². The van der Waals surface area contributed by atoms with Crippen LogP contribution in [0.3, 0.4) is 0 Å². The predicted molar refractivity (Wildman–Crippen MR) is 85.7 cm³/mol. The summed E-state index contributed by atoms with van der Waals surface area (Å²) in [5.74, 6) is 0. The third-order valence-corrected chi connectivity index (χ3v) is 4.93. The lowest BCUT2D eigenvalue weighted by Crippen LogP contribution is -2.47. The lowest BCUT2D eigenvalue weighted by molar-refractivity contribution is 0.248. The summed E-state index contributed by atoms with van der Waals surface area (Å²) in [5, 5.41) is 4.13. The summed E-state index contributed by atoms with van der Waals surface area (Å²) >= 11 is 6.49. The molecule has 3 nitrogen and oxygen atoms in total. The van der Waals surface area contributed by atoms with E-state index in [0.717, 1.165) is 24.2 Å². The van der Waals surface area contributed by atoms with Crippen molar-refractivity contribution in [3.05, 3.63) is 28.8 Å². The lowest BCUT2D eigenvalue weighted by Gasteiger charge is -2.36. The van der Waals surface area contributed by atoms with Gasteiger partial charge in [0.2, 0.25) is 0 Å². The zero-order valence-electron chi connectivity index (χ0n) is 12.4. The van der Waals surface area contributed by atoms with E-state index in [-0.39, 0.29) is 0 Å². The highest BCUT2D eigenvalue weighted by Gasteiger charge is 2.31. The minimum atomic E-state index is 0.341. The molecule has 2 fully saturated rings. The fourth-order valence-corrected chi connectivity index (χ4v) is 3.29. The van der Waals surface area contributed by atoms with E-state index in [1.807, 2.05) is 7.05 Å². The number of benzene rings is 1. The first kappa shape index (κ1) is 14.2. The highest BCUT2D eigenvalue weighted by molar-refractivity contribution is 6.33. The summed E-state index contributed by atoms with van der Waals surface area (Å²) in [4.78, 5) is 5.05. The summed E-state index contributed by atoms with van der Waals surface area (Å²) in [6, 6.07) is 7.69. The van der Waals surface area contributed by atoms with Crippen LogP contribution in [0.5, 0.6) is 0 Å². The second-order valence-electron chi connectivity index (χ2n) is 5.98. The molecule has 3 rings (SSSR count). The van der Waals surface area contributed by atoms with Crippen molar-refractivity contribution in [2.75, 3.05) is 38.1 Å². The monoisotopic (exact) mass is 293 g/mol. The molecule has 1 saturated carbocycles. The molecule has 1 aromatic carbocycles. The molecule has 1 saturated heterocycles. The molecule has 0 bridgehead atoms. The van der Waals surface area contributed by atoms with Crippen LogP contribution in [-0.2, 0) is 0 Å². The lowest BCUT2D eigenvalue weighted by atomic mass is 10.1. The Labute approximate surface area is 126 Å². The number of nitrogens with one attached hydrogen (secondary N) is 1. The Balaban J connectivity index is 1.67. The molecule has 1 N–H and O–H groups in total. The Morgan fingerprint density at radius 1 is 1.20 bits per heavy atom. The zero-order valence-corrected chi connectivity index (χ0v) is 13.2. The molecule has 1 unspecified atom stereocenters. The van der Waals surface area contributed by atoms with Gasteiger partial charge >= 0.3 is 0 Å². The molecule has 0 amide bonds. The third-order valence-electron chi connectivity index (χ3n) is 4.62. The second-order valence-corrected chi connectivity index (χ2v) is 6.38. The molecular weight excluding hydrogens is 270 g/mol. The molecule has 1 atom stereocenters. The van der Waals surface area contributed by atoms with Crippen LogP contribution in [0.15, 0.2) is 18.2 Å². The number of rotatable bonds is 4. The highest BCUT2D eigenvalue weighted by atomic mass is 35.5. The largest absolute Gasteiger partial charge is 0.368 e. The quantitative estimate of drug-likeness (QED) is 0.921. The van der Waals surface area contributed by atoms with Crippen molar-refractivity contribution in [1.82, 2.24) is 10.2 Å². The summed E-state index contributed by atoms with van der Waals surface area (Å²) in [6.07, 6.45) is 2.80. The summed E-state index contributed by atoms with van der Waals surface area (Å²) in [7, 11) is 1.98. The molecule has 0 radical (unpaired) electrons. The van der Waals surface area contributed by atoms with Gasteiger partial charge < -0.3 is 10.2 Å². The molecule has 1 aliphatic carbocycles. The number of piperazine rings is 1. The van der Waals surface area contributed by atoms with E-state index >= 15 is 0 Å². The fraction of sp³-hybridized carbons (Fsp3) is 0.625. The van der Waals surface area contributed by atoms with Gasteiger partial charge in [0, 0.05) is 38.3 Å². The Hall–Kier alpha value is -0.770. The Morgan fingerprint density at radius 3 is 2.45 bits per heavy atom. The predicted octanol–water partition coefficient (Wildman–Crippen LogP) is 2.90. The van der Waals surface area contributed by atoms with E-state index in [2.05, 4.69) is 40.2 Å². The fourth-order valence-electron chi connectivity index (χ4n) is 2.98. The average molecular weight is 294 g/mol. The molecule has 20 heavy (non-hydrogen) atoms. The van der Waals surface area contributed by atoms with Crippen molar-refractivity contribution in [3.8, 4) is 0 Å². The number of hydrogen-bond acceptors (Lipinski definition) is 3. The summed E-state index contributed by atoms with van der Waals surface area (Å²) in [5.41, 5.74) is 2.44. The highest BCUT2D eigenvalue weighted by Crippen LogP contribution is 2.32. The van der Waals surface area contributed by atoms with Gasteiger partial charge in [-0.05, 0) is 44.5 Å². The molecule has 110 valence electrons. The van der Waals surface area contributed by atoms with Gasteiger partial charge in [0.25, 0.3) is 0 Å². The van der Waals surface area contributed by atoms with Crippen molar-refractivity contribution >= 4 is 17.3 Å². The smallest absolute Gasteiger partial charge is 0.0642 e. The number of anilines is 1. The average Bonchev–Trinajstić information content (AvgIpc) is 3.31. The van der Waals surface area contributed by atoms with Crippen molar-refractivity contribution in [2.24, 2.45) is 0 Å². The van der Waals surface area contributed by atoms with Crippen LogP contribution < -0.4 is 10.2 Å². The van der Waals surface area contributed by atoms with Crippen molar-refractivity contribution < 1.29 is 0 Å². The SMILES string of the molecule is CNC(C)c1ccc(N2CCN(C3CC3)CC2)c(Cl)c1. The summed E-state index contributed by atoms with van der Waals surface area (Å²) < 4.78 is 0. The molecule has 2 aliphatic rings. The summed E-state index contributed by atoms with van der Waals surface area (Å²) in [6.45, 7) is 6.69. The topological polar surface area (TPSA) is 18.5 Å². The maximum absolute atomic E-state index is 6.49. The normalized spacial score (nSPS) is 22.1. The van der Waals surface area contributed by atoms with Crippen molar-refractivity contribution in [3.63, 3.8) is 0 Å². The number of hydrogen-bond donors (Lipinski definition) is 1. The maximum atomic E-state index is 6.49. The molecule has 1 aromatic rings. The molecule has 0 spiro atoms. The third kappa shape index (κ3) is 2.95. The molecule has 1 heterocycles. The van der Waals surface area contributed by atoms with Gasteiger partial charge in [-0.1, -0.05) is 17.7 Å². The van der Waals surface area contributed by atoms with Crippen LogP contribution >= 0.6 is 11.6 Å². The van der Waals surface area contributed by atoms with Gasteiger partial charge in [0.1, 0.15) is 0 Å². The minimum Gasteiger partial charge on any atom is -0.368 e. The van der Waals surface area contributed by atoms with Gasteiger partial charge in [-0.15, -0.1) is 0 Å². The van der Waals surface area contributed by atoms with E-state index in [0.29, 0.717) is 6.04 Å². The zero-order chi connectivity index (χ0) is 14.1. The van der Waals surface area contributed by atoms with Crippen LogP contribution in [0.1, 0.15) is 31.4 Å². The van der Waals surface area contributed by atoms with Gasteiger partial charge in [-0.25, -0.2) is 0 Å². The number of halogens is 1. The van der Waals surface area contributed by atoms with Gasteiger partial charge in [0.15, 0.2) is 0 Å². The van der Waals surface area contributed by atoms with E-state index < -0.39 is 0 Å². The van der Waals surface area contributed by atoms with Gasteiger partial charge in [0.05, 0.1) is 10.7 Å². The van der Waals surface area contributed by atoms with E-state index in [1.54, 1.807) is 0 Å². The molecule has 4 heteroatoms. The molecule has 0 aromatic heterocycles. The Bertz CT molecular complexity index is 465.